The lowest BCUT2D eigenvalue weighted by atomic mass is 10.1. The maximum atomic E-state index is 11.2. The van der Waals surface area contributed by atoms with Crippen LogP contribution in [-0.4, -0.2) is 12.5 Å². The second-order valence-corrected chi connectivity index (χ2v) is 4.48. The number of nitrogens with one attached hydrogen (secondary N) is 1. The Balaban J connectivity index is 2.01. The van der Waals surface area contributed by atoms with E-state index in [1.54, 1.807) is 0 Å². The van der Waals surface area contributed by atoms with Crippen LogP contribution in [0.1, 0.15) is 18.5 Å². The second kappa shape index (κ2) is 6.73. The summed E-state index contributed by atoms with van der Waals surface area (Å²) in [6.45, 7) is 1.92. The number of amides is 1. The molecule has 0 aromatic heterocycles. The molecule has 0 saturated heterocycles. The lowest BCUT2D eigenvalue weighted by Crippen LogP contribution is -2.32. The number of benzene rings is 2. The first-order valence-corrected chi connectivity index (χ1v) is 6.51. The van der Waals surface area contributed by atoms with E-state index in [2.05, 4.69) is 5.32 Å². The predicted molar refractivity (Wildman–Crippen MR) is 78.6 cm³/mol. The molecule has 4 heteroatoms. The Morgan fingerprint density at radius 3 is 2.30 bits per heavy atom. The smallest absolute Gasteiger partial charge is 0.234 e. The SMILES string of the molecule is CC(NC(=O)CN)c1ccc(Oc2ccccc2)cc1. The average molecular weight is 270 g/mol. The van der Waals surface area contributed by atoms with Crippen LogP contribution in [0.2, 0.25) is 0 Å². The van der Waals surface area contributed by atoms with Crippen LogP contribution in [0.5, 0.6) is 11.5 Å². The van der Waals surface area contributed by atoms with Crippen molar-refractivity contribution in [1.29, 1.82) is 0 Å². The Morgan fingerprint density at radius 2 is 1.70 bits per heavy atom. The first-order valence-electron chi connectivity index (χ1n) is 6.51. The third-order valence-corrected chi connectivity index (χ3v) is 2.92. The molecule has 0 aliphatic rings. The normalized spacial score (nSPS) is 11.7. The van der Waals surface area contributed by atoms with E-state index in [4.69, 9.17) is 10.5 Å². The predicted octanol–water partition coefficient (Wildman–Crippen LogP) is 2.61. The molecule has 0 spiro atoms. The topological polar surface area (TPSA) is 64.4 Å². The van der Waals surface area contributed by atoms with Gasteiger partial charge in [0.25, 0.3) is 0 Å². The number of carbonyl (C=O) groups excluding carboxylic acids is 1. The van der Waals surface area contributed by atoms with Crippen molar-refractivity contribution >= 4 is 5.91 Å². The van der Waals surface area contributed by atoms with E-state index in [0.29, 0.717) is 0 Å². The van der Waals surface area contributed by atoms with E-state index in [1.165, 1.54) is 0 Å². The number of hydrogen-bond acceptors (Lipinski definition) is 3. The van der Waals surface area contributed by atoms with Crippen molar-refractivity contribution in [2.24, 2.45) is 5.73 Å². The number of ether oxygens (including phenoxy) is 1. The van der Waals surface area contributed by atoms with Crippen LogP contribution < -0.4 is 15.8 Å². The van der Waals surface area contributed by atoms with Crippen LogP contribution in [0.3, 0.4) is 0 Å². The van der Waals surface area contributed by atoms with E-state index in [0.717, 1.165) is 17.1 Å². The molecule has 3 N–H and O–H groups in total. The van der Waals surface area contributed by atoms with E-state index in [9.17, 15) is 4.79 Å². The van der Waals surface area contributed by atoms with Gasteiger partial charge in [-0.1, -0.05) is 30.3 Å². The number of carbonyl (C=O) groups is 1. The molecule has 0 bridgehead atoms. The van der Waals surface area contributed by atoms with Gasteiger partial charge in [-0.25, -0.2) is 0 Å². The van der Waals surface area contributed by atoms with Gasteiger partial charge in [0.15, 0.2) is 0 Å². The maximum Gasteiger partial charge on any atom is 0.234 e. The molecule has 0 aliphatic heterocycles. The number of rotatable bonds is 5. The van der Waals surface area contributed by atoms with E-state index in [1.807, 2.05) is 61.5 Å². The molecule has 104 valence electrons. The van der Waals surface area contributed by atoms with Crippen LogP contribution in [0, 0.1) is 0 Å². The van der Waals surface area contributed by atoms with Crippen molar-refractivity contribution in [3.05, 3.63) is 60.2 Å². The Hall–Kier alpha value is -2.33. The Bertz CT molecular complexity index is 552. The molecule has 1 unspecified atom stereocenters. The van der Waals surface area contributed by atoms with Gasteiger partial charge in [-0.05, 0) is 36.8 Å². The van der Waals surface area contributed by atoms with E-state index in [-0.39, 0.29) is 18.5 Å². The van der Waals surface area contributed by atoms with E-state index < -0.39 is 0 Å². The summed E-state index contributed by atoms with van der Waals surface area (Å²) < 4.78 is 5.71. The molecular formula is C16H18N2O2. The molecule has 2 aromatic rings. The molecule has 4 nitrogen and oxygen atoms in total. The molecule has 0 heterocycles. The number of nitrogens with two attached hydrogens (primary N) is 1. The molecule has 0 radical (unpaired) electrons. The summed E-state index contributed by atoms with van der Waals surface area (Å²) in [5.41, 5.74) is 6.28. The molecule has 1 amide bonds. The maximum absolute atomic E-state index is 11.2. The highest BCUT2D eigenvalue weighted by Gasteiger charge is 2.08. The summed E-state index contributed by atoms with van der Waals surface area (Å²) in [5, 5.41) is 2.81. The molecule has 2 aromatic carbocycles. The Kier molecular flexibility index (Phi) is 4.74. The molecule has 0 fully saturated rings. The van der Waals surface area contributed by atoms with E-state index >= 15 is 0 Å². The highest BCUT2D eigenvalue weighted by molar-refractivity contribution is 5.78. The summed E-state index contributed by atoms with van der Waals surface area (Å²) in [7, 11) is 0. The van der Waals surface area contributed by atoms with Crippen molar-refractivity contribution in [3.63, 3.8) is 0 Å². The van der Waals surface area contributed by atoms with Gasteiger partial charge in [-0.3, -0.25) is 4.79 Å². The summed E-state index contributed by atoms with van der Waals surface area (Å²) >= 11 is 0. The van der Waals surface area contributed by atoms with Crippen LogP contribution in [-0.2, 0) is 4.79 Å². The highest BCUT2D eigenvalue weighted by atomic mass is 16.5. The molecule has 0 saturated carbocycles. The van der Waals surface area contributed by atoms with Crippen molar-refractivity contribution in [2.45, 2.75) is 13.0 Å². The van der Waals surface area contributed by atoms with Crippen molar-refractivity contribution < 1.29 is 9.53 Å². The minimum absolute atomic E-state index is 0.000455. The van der Waals surface area contributed by atoms with Crippen LogP contribution in [0.15, 0.2) is 54.6 Å². The van der Waals surface area contributed by atoms with Gasteiger partial charge >= 0.3 is 0 Å². The number of hydrogen-bond donors (Lipinski definition) is 2. The lowest BCUT2D eigenvalue weighted by molar-refractivity contribution is -0.120. The van der Waals surface area contributed by atoms with Crippen molar-refractivity contribution in [3.8, 4) is 11.5 Å². The summed E-state index contributed by atoms with van der Waals surface area (Å²) in [4.78, 5) is 11.2. The average Bonchev–Trinajstić information content (AvgIpc) is 2.49. The third kappa shape index (κ3) is 3.83. The van der Waals surface area contributed by atoms with Gasteiger partial charge in [0.1, 0.15) is 11.5 Å². The highest BCUT2D eigenvalue weighted by Crippen LogP contribution is 2.23. The molecule has 20 heavy (non-hydrogen) atoms. The van der Waals surface area contributed by atoms with Gasteiger partial charge in [0, 0.05) is 0 Å². The molecular weight excluding hydrogens is 252 g/mol. The molecule has 2 rings (SSSR count). The van der Waals surface area contributed by atoms with Crippen LogP contribution in [0.4, 0.5) is 0 Å². The van der Waals surface area contributed by atoms with Crippen molar-refractivity contribution in [2.75, 3.05) is 6.54 Å². The molecule has 1 atom stereocenters. The zero-order valence-electron chi connectivity index (χ0n) is 11.4. The Labute approximate surface area is 118 Å². The summed E-state index contributed by atoms with van der Waals surface area (Å²) in [5.74, 6) is 1.39. The minimum Gasteiger partial charge on any atom is -0.457 e. The Morgan fingerprint density at radius 1 is 1.10 bits per heavy atom. The second-order valence-electron chi connectivity index (χ2n) is 4.48. The van der Waals surface area contributed by atoms with Gasteiger partial charge in [0.2, 0.25) is 5.91 Å². The zero-order valence-corrected chi connectivity index (χ0v) is 11.4. The minimum atomic E-state index is -0.165. The molecule has 0 aliphatic carbocycles. The van der Waals surface area contributed by atoms with Gasteiger partial charge in [0.05, 0.1) is 12.6 Å². The fraction of sp³-hybridized carbons (Fsp3) is 0.188. The first kappa shape index (κ1) is 14.1. The lowest BCUT2D eigenvalue weighted by Gasteiger charge is -2.14. The largest absolute Gasteiger partial charge is 0.457 e. The standard InChI is InChI=1S/C16H18N2O2/c1-12(18-16(19)11-17)13-7-9-15(10-8-13)20-14-5-3-2-4-6-14/h2-10,12H,11,17H2,1H3,(H,18,19). The quantitative estimate of drug-likeness (QED) is 0.877. The number of para-hydroxylation sites is 1. The van der Waals surface area contributed by atoms with Crippen molar-refractivity contribution in [1.82, 2.24) is 5.32 Å². The fourth-order valence-corrected chi connectivity index (χ4v) is 1.83. The monoisotopic (exact) mass is 270 g/mol. The van der Waals surface area contributed by atoms with Crippen LogP contribution >= 0.6 is 0 Å². The third-order valence-electron chi connectivity index (χ3n) is 2.92. The zero-order chi connectivity index (χ0) is 14.4. The summed E-state index contributed by atoms with van der Waals surface area (Å²) in [6.07, 6.45) is 0. The van der Waals surface area contributed by atoms with Gasteiger partial charge in [-0.15, -0.1) is 0 Å². The summed E-state index contributed by atoms with van der Waals surface area (Å²) in [6, 6.07) is 17.1. The fourth-order valence-electron chi connectivity index (χ4n) is 1.83. The van der Waals surface area contributed by atoms with Gasteiger partial charge < -0.3 is 15.8 Å². The van der Waals surface area contributed by atoms with Crippen LogP contribution in [0.25, 0.3) is 0 Å². The first-order chi connectivity index (χ1) is 9.69. The van der Waals surface area contributed by atoms with Gasteiger partial charge in [-0.2, -0.15) is 0 Å².